The van der Waals surface area contributed by atoms with Gasteiger partial charge in [0.25, 0.3) is 0 Å². The Morgan fingerprint density at radius 2 is 1.70 bits per heavy atom. The van der Waals surface area contributed by atoms with Gasteiger partial charge in [0.2, 0.25) is 0 Å². The molecule has 0 spiro atoms. The zero-order valence-electron chi connectivity index (χ0n) is 12.3. The van der Waals surface area contributed by atoms with E-state index in [9.17, 15) is 18.0 Å². The number of hydrogen-bond donors (Lipinski definition) is 0. The molecule has 0 aliphatic heterocycles. The van der Waals surface area contributed by atoms with Crippen LogP contribution in [0.25, 0.3) is 0 Å². The van der Waals surface area contributed by atoms with Gasteiger partial charge in [-0.2, -0.15) is 13.2 Å². The van der Waals surface area contributed by atoms with E-state index in [1.807, 2.05) is 39.8 Å². The van der Waals surface area contributed by atoms with E-state index in [0.29, 0.717) is 11.5 Å². The van der Waals surface area contributed by atoms with E-state index in [1.54, 1.807) is 6.07 Å². The molecular weight excluding hydrogens is 265 g/mol. The fraction of sp³-hybridized carbons (Fsp3) is 0.562. The highest BCUT2D eigenvalue weighted by molar-refractivity contribution is 5.97. The summed E-state index contributed by atoms with van der Waals surface area (Å²) in [5, 5.41) is 0. The molecular formula is C16H21F3O. The van der Waals surface area contributed by atoms with Crippen LogP contribution in [-0.2, 0) is 0 Å². The maximum absolute atomic E-state index is 12.2. The minimum atomic E-state index is -4.29. The number of alkyl halides is 3. The molecule has 0 saturated carbocycles. The van der Waals surface area contributed by atoms with E-state index in [0.717, 1.165) is 11.1 Å². The predicted octanol–water partition coefficient (Wildman–Crippen LogP) is 5.46. The first-order valence-electron chi connectivity index (χ1n) is 6.85. The summed E-state index contributed by atoms with van der Waals surface area (Å²) < 4.78 is 36.6. The summed E-state index contributed by atoms with van der Waals surface area (Å²) in [5.74, 6) is 0.00620. The van der Waals surface area contributed by atoms with Gasteiger partial charge < -0.3 is 0 Å². The average Bonchev–Trinajstić information content (AvgIpc) is 2.34. The largest absolute Gasteiger partial charge is 0.389 e. The van der Waals surface area contributed by atoms with Gasteiger partial charge >= 0.3 is 6.18 Å². The number of halogens is 3. The van der Waals surface area contributed by atoms with Crippen LogP contribution in [0.15, 0.2) is 18.2 Å². The lowest BCUT2D eigenvalue weighted by molar-refractivity contribution is -0.133. The number of carbonyl (C=O) groups is 1. The smallest absolute Gasteiger partial charge is 0.294 e. The van der Waals surface area contributed by atoms with Crippen LogP contribution >= 0.6 is 0 Å². The summed E-state index contributed by atoms with van der Waals surface area (Å²) in [7, 11) is 0. The van der Waals surface area contributed by atoms with Crippen molar-refractivity contribution < 1.29 is 18.0 Å². The molecule has 0 aromatic heterocycles. The maximum atomic E-state index is 12.2. The van der Waals surface area contributed by atoms with Crippen molar-refractivity contribution in [3.05, 3.63) is 34.9 Å². The number of benzene rings is 1. The van der Waals surface area contributed by atoms with Crippen molar-refractivity contribution in [2.24, 2.45) is 0 Å². The second kappa shape index (κ2) is 6.42. The fourth-order valence-electron chi connectivity index (χ4n) is 2.06. The highest BCUT2D eigenvalue weighted by Crippen LogP contribution is 2.28. The van der Waals surface area contributed by atoms with Gasteiger partial charge in [0.15, 0.2) is 5.78 Å². The Kier molecular flexibility index (Phi) is 5.37. The van der Waals surface area contributed by atoms with Crippen molar-refractivity contribution in [3.63, 3.8) is 0 Å². The monoisotopic (exact) mass is 286 g/mol. The summed E-state index contributed by atoms with van der Waals surface area (Å²) in [6, 6.07) is 5.44. The molecule has 1 aromatic carbocycles. The van der Waals surface area contributed by atoms with E-state index in [-0.39, 0.29) is 5.92 Å². The van der Waals surface area contributed by atoms with Gasteiger partial charge in [-0.05, 0) is 23.0 Å². The highest BCUT2D eigenvalue weighted by Gasteiger charge is 2.28. The van der Waals surface area contributed by atoms with Crippen molar-refractivity contribution >= 4 is 5.78 Å². The molecule has 0 radical (unpaired) electrons. The van der Waals surface area contributed by atoms with E-state index < -0.39 is 24.8 Å². The lowest BCUT2D eigenvalue weighted by Gasteiger charge is -2.16. The third kappa shape index (κ3) is 4.66. The molecule has 0 bridgehead atoms. The number of rotatable bonds is 5. The van der Waals surface area contributed by atoms with Gasteiger partial charge in [0.05, 0.1) is 6.42 Å². The van der Waals surface area contributed by atoms with Gasteiger partial charge in [-0.15, -0.1) is 0 Å². The summed E-state index contributed by atoms with van der Waals surface area (Å²) in [6.07, 6.45) is -5.83. The molecule has 1 nitrogen and oxygen atoms in total. The van der Waals surface area contributed by atoms with Gasteiger partial charge in [0.1, 0.15) is 0 Å². The lowest BCUT2D eigenvalue weighted by atomic mass is 9.89. The van der Waals surface area contributed by atoms with Crippen LogP contribution in [0.3, 0.4) is 0 Å². The number of ketones is 1. The molecule has 20 heavy (non-hydrogen) atoms. The average molecular weight is 286 g/mol. The Labute approximate surface area is 118 Å². The molecule has 0 heterocycles. The second-order valence-electron chi connectivity index (χ2n) is 5.69. The molecule has 1 rings (SSSR count). The zero-order chi connectivity index (χ0) is 15.5. The Hall–Kier alpha value is -1.32. The van der Waals surface area contributed by atoms with E-state index in [2.05, 4.69) is 0 Å². The van der Waals surface area contributed by atoms with Crippen molar-refractivity contribution in [2.45, 2.75) is 58.5 Å². The SMILES string of the molecule is CC(C)c1ccc(C(=O)CCC(F)(F)F)c(C(C)C)c1. The van der Waals surface area contributed by atoms with Crippen LogP contribution in [0.4, 0.5) is 13.2 Å². The first-order valence-corrected chi connectivity index (χ1v) is 6.85. The maximum Gasteiger partial charge on any atom is 0.389 e. The van der Waals surface area contributed by atoms with Crippen LogP contribution < -0.4 is 0 Å². The molecule has 1 aromatic rings. The quantitative estimate of drug-likeness (QED) is 0.657. The molecule has 0 atom stereocenters. The lowest BCUT2D eigenvalue weighted by Crippen LogP contribution is -2.13. The van der Waals surface area contributed by atoms with Crippen LogP contribution in [0.2, 0.25) is 0 Å². The molecule has 0 aliphatic rings. The Balaban J connectivity index is 3.02. The Morgan fingerprint density at radius 1 is 1.10 bits per heavy atom. The summed E-state index contributed by atoms with van der Waals surface area (Å²) in [4.78, 5) is 12.0. The van der Waals surface area contributed by atoms with Crippen LogP contribution in [-0.4, -0.2) is 12.0 Å². The second-order valence-corrected chi connectivity index (χ2v) is 5.69. The molecule has 0 aliphatic carbocycles. The molecule has 4 heteroatoms. The van der Waals surface area contributed by atoms with E-state index in [4.69, 9.17) is 0 Å². The third-order valence-corrected chi connectivity index (χ3v) is 3.30. The Morgan fingerprint density at radius 3 is 2.15 bits per heavy atom. The van der Waals surface area contributed by atoms with Crippen LogP contribution in [0.1, 0.15) is 73.9 Å². The molecule has 112 valence electrons. The van der Waals surface area contributed by atoms with Gasteiger partial charge in [-0.3, -0.25) is 4.79 Å². The van der Waals surface area contributed by atoms with Crippen LogP contribution in [0.5, 0.6) is 0 Å². The van der Waals surface area contributed by atoms with Crippen molar-refractivity contribution in [1.29, 1.82) is 0 Å². The van der Waals surface area contributed by atoms with Gasteiger partial charge in [-0.25, -0.2) is 0 Å². The predicted molar refractivity (Wildman–Crippen MR) is 74.2 cm³/mol. The topological polar surface area (TPSA) is 17.1 Å². The molecule has 0 amide bonds. The third-order valence-electron chi connectivity index (χ3n) is 3.30. The molecule has 0 N–H and O–H groups in total. The minimum Gasteiger partial charge on any atom is -0.294 e. The summed E-state index contributed by atoms with van der Waals surface area (Å²) in [6.45, 7) is 7.98. The number of hydrogen-bond acceptors (Lipinski definition) is 1. The standard InChI is InChI=1S/C16H21F3O/c1-10(2)12-5-6-13(14(9-12)11(3)4)15(20)7-8-16(17,18)19/h5-6,9-11H,7-8H2,1-4H3. The van der Waals surface area contributed by atoms with Crippen molar-refractivity contribution in [2.75, 3.05) is 0 Å². The van der Waals surface area contributed by atoms with Crippen molar-refractivity contribution in [3.8, 4) is 0 Å². The fourth-order valence-corrected chi connectivity index (χ4v) is 2.06. The first-order chi connectivity index (χ1) is 9.11. The van der Waals surface area contributed by atoms with Crippen molar-refractivity contribution in [1.82, 2.24) is 0 Å². The first kappa shape index (κ1) is 16.7. The van der Waals surface area contributed by atoms with Crippen LogP contribution in [0, 0.1) is 0 Å². The van der Waals surface area contributed by atoms with E-state index >= 15 is 0 Å². The molecule has 0 unspecified atom stereocenters. The summed E-state index contributed by atoms with van der Waals surface area (Å²) in [5.41, 5.74) is 2.36. The number of Topliss-reactive ketones (excluding diaryl/α,β-unsaturated/α-hetero) is 1. The molecule has 0 saturated heterocycles. The van der Waals surface area contributed by atoms with Gasteiger partial charge in [0, 0.05) is 12.0 Å². The normalized spacial score (nSPS) is 12.2. The van der Waals surface area contributed by atoms with Gasteiger partial charge in [-0.1, -0.05) is 45.9 Å². The zero-order valence-corrected chi connectivity index (χ0v) is 12.3. The Bertz CT molecular complexity index is 473. The number of carbonyl (C=O) groups excluding carboxylic acids is 1. The molecule has 0 fully saturated rings. The minimum absolute atomic E-state index is 0.110. The summed E-state index contributed by atoms with van der Waals surface area (Å²) >= 11 is 0. The van der Waals surface area contributed by atoms with E-state index in [1.165, 1.54) is 0 Å². The highest BCUT2D eigenvalue weighted by atomic mass is 19.4.